The predicted molar refractivity (Wildman–Crippen MR) is 374 cm³/mol. The number of carbonyl (C=O) groups excluding carboxylic acids is 9. The van der Waals surface area contributed by atoms with Crippen molar-refractivity contribution in [3.63, 3.8) is 0 Å². The van der Waals surface area contributed by atoms with Crippen LogP contribution in [0.2, 0.25) is 0 Å². The second-order valence-corrected chi connectivity index (χ2v) is 27.6. The lowest BCUT2D eigenvalue weighted by molar-refractivity contribution is -0.148. The minimum absolute atomic E-state index is 0.0482. The molecular weight excluding hydrogens is 1260 g/mol. The van der Waals surface area contributed by atoms with E-state index < -0.39 is 108 Å². The molecule has 10 N–H and O–H groups in total. The molecule has 1 aliphatic heterocycles. The standard InChI is InChI=1S/C72H111N11O15/c1-17-46(8)62(56(95-15)40-57(84)83-37-22-26-55(83)63(96-16)47(9)64(86)78-54(69(91)92)39-49-23-19-18-20-24-49)82(14)68(90)60(44(4)5)79-67(89)61(45(6)7)81(13)38-35-48-27-31-51(32-28-48)75-41-58(85)97-42-50-29-33-52(34-30-50)76-65(87)53(25-21-36-74-70(73)93)77-66(88)59(43(2)3)80-71(94)98-72(10,11)12/h18-20,23-24,27-34,43-47,53-56,59-63,75H,17,21-22,25-26,35-42H2,1-16H3,(H,76,87)(H,77,88)(H,78,86)(H,79,89)(H,80,94)(H,91,92)(H3,73,74,93)/t46-,47+,53-,54-,55-,56+,59-,60-,61-,62-,63+/m0/s1. The van der Waals surface area contributed by atoms with E-state index in [-0.39, 0.29) is 80.4 Å². The van der Waals surface area contributed by atoms with Crippen LogP contribution in [-0.4, -0.2) is 194 Å². The molecule has 0 unspecified atom stereocenters. The molecule has 4 rings (SSSR count). The van der Waals surface area contributed by atoms with Gasteiger partial charge in [0.15, 0.2) is 0 Å². The monoisotopic (exact) mass is 1370 g/mol. The summed E-state index contributed by atoms with van der Waals surface area (Å²) in [5.74, 6) is -5.93. The van der Waals surface area contributed by atoms with E-state index in [2.05, 4.69) is 37.2 Å². The third-order valence-electron chi connectivity index (χ3n) is 17.7. The van der Waals surface area contributed by atoms with Gasteiger partial charge in [-0.2, -0.15) is 0 Å². The molecule has 0 aliphatic carbocycles. The zero-order valence-electron chi connectivity index (χ0n) is 60.4. The van der Waals surface area contributed by atoms with E-state index in [9.17, 15) is 53.1 Å². The number of nitrogens with one attached hydrogen (secondary N) is 7. The lowest BCUT2D eigenvalue weighted by atomic mass is 9.89. The highest BCUT2D eigenvalue weighted by Crippen LogP contribution is 2.30. The fourth-order valence-electron chi connectivity index (χ4n) is 12.2. The fourth-order valence-corrected chi connectivity index (χ4v) is 12.2. The summed E-state index contributed by atoms with van der Waals surface area (Å²) in [5.41, 5.74) is 7.88. The van der Waals surface area contributed by atoms with Gasteiger partial charge < -0.3 is 76.8 Å². The van der Waals surface area contributed by atoms with Gasteiger partial charge >= 0.3 is 24.1 Å². The molecule has 11 atom stereocenters. The lowest BCUT2D eigenvalue weighted by Crippen LogP contribution is -2.60. The highest BCUT2D eigenvalue weighted by Gasteiger charge is 2.44. The van der Waals surface area contributed by atoms with Gasteiger partial charge in [0.25, 0.3) is 0 Å². The number of amides is 9. The maximum atomic E-state index is 14.8. The maximum absolute atomic E-state index is 14.8. The van der Waals surface area contributed by atoms with E-state index in [4.69, 9.17) is 24.7 Å². The molecule has 0 saturated carbocycles. The number of rotatable bonds is 39. The molecule has 98 heavy (non-hydrogen) atoms. The van der Waals surface area contributed by atoms with Gasteiger partial charge in [0.2, 0.25) is 35.4 Å². The summed E-state index contributed by atoms with van der Waals surface area (Å²) in [4.78, 5) is 139. The van der Waals surface area contributed by atoms with Crippen LogP contribution in [0.3, 0.4) is 0 Å². The van der Waals surface area contributed by atoms with Gasteiger partial charge in [-0.15, -0.1) is 0 Å². The second-order valence-electron chi connectivity index (χ2n) is 27.6. The van der Waals surface area contributed by atoms with Crippen molar-refractivity contribution in [2.45, 2.75) is 201 Å². The first-order valence-electron chi connectivity index (χ1n) is 34.1. The zero-order valence-corrected chi connectivity index (χ0v) is 60.4. The van der Waals surface area contributed by atoms with Crippen LogP contribution in [0.5, 0.6) is 0 Å². The van der Waals surface area contributed by atoms with Gasteiger partial charge in [-0.25, -0.2) is 14.4 Å². The summed E-state index contributed by atoms with van der Waals surface area (Å²) in [6, 6.07) is 16.7. The number of urea groups is 1. The lowest BCUT2D eigenvalue weighted by Gasteiger charge is -2.41. The van der Waals surface area contributed by atoms with Crippen LogP contribution in [0.25, 0.3) is 0 Å². The van der Waals surface area contributed by atoms with Crippen LogP contribution in [0.4, 0.5) is 21.0 Å². The van der Waals surface area contributed by atoms with E-state index in [0.717, 1.165) is 11.1 Å². The van der Waals surface area contributed by atoms with Crippen LogP contribution in [0.1, 0.15) is 138 Å². The number of carboxylic acid groups (broad SMARTS) is 1. The molecule has 9 amide bonds. The molecule has 26 nitrogen and oxygen atoms in total. The van der Waals surface area contributed by atoms with Crippen molar-refractivity contribution in [2.24, 2.45) is 35.3 Å². The third-order valence-corrected chi connectivity index (χ3v) is 17.7. The van der Waals surface area contributed by atoms with Crippen LogP contribution in [0, 0.1) is 29.6 Å². The smallest absolute Gasteiger partial charge is 0.408 e. The first-order valence-corrected chi connectivity index (χ1v) is 34.1. The molecule has 1 heterocycles. The molecule has 1 saturated heterocycles. The van der Waals surface area contributed by atoms with E-state index in [0.29, 0.717) is 62.1 Å². The Hall–Kier alpha value is -8.36. The summed E-state index contributed by atoms with van der Waals surface area (Å²) >= 11 is 0. The summed E-state index contributed by atoms with van der Waals surface area (Å²) in [5, 5.41) is 29.5. The molecule has 1 aliphatic rings. The van der Waals surface area contributed by atoms with Gasteiger partial charge in [0.1, 0.15) is 42.9 Å². The number of likely N-dealkylation sites (tertiary alicyclic amines) is 1. The fraction of sp³-hybridized carbons (Fsp3) is 0.611. The summed E-state index contributed by atoms with van der Waals surface area (Å²) < 4.78 is 22.9. The Labute approximate surface area is 579 Å². The number of hydrogen-bond donors (Lipinski definition) is 9. The van der Waals surface area contributed by atoms with Gasteiger partial charge in [-0.3, -0.25) is 38.5 Å². The number of ether oxygens (including phenoxy) is 4. The quantitative estimate of drug-likeness (QED) is 0.0214. The Balaban J connectivity index is 1.31. The molecule has 3 aromatic rings. The van der Waals surface area contributed by atoms with E-state index in [1.54, 1.807) is 107 Å². The van der Waals surface area contributed by atoms with Crippen LogP contribution in [-0.2, 0) is 76.8 Å². The van der Waals surface area contributed by atoms with E-state index >= 15 is 0 Å². The van der Waals surface area contributed by atoms with Crippen molar-refractivity contribution in [1.82, 2.24) is 41.3 Å². The summed E-state index contributed by atoms with van der Waals surface area (Å²) in [6.07, 6.45) is 0.632. The number of alkyl carbamates (subject to hydrolysis) is 1. The highest BCUT2D eigenvalue weighted by molar-refractivity contribution is 5.98. The average Bonchev–Trinajstić information content (AvgIpc) is 1.38. The number of nitrogens with zero attached hydrogens (tertiary/aromatic N) is 3. The van der Waals surface area contributed by atoms with Gasteiger partial charge in [-0.05, 0) is 125 Å². The third kappa shape index (κ3) is 26.1. The predicted octanol–water partition coefficient (Wildman–Crippen LogP) is 6.64. The van der Waals surface area contributed by atoms with E-state index in [1.807, 2.05) is 83.8 Å². The Morgan fingerprint density at radius 3 is 1.88 bits per heavy atom. The number of primary amides is 1. The number of benzene rings is 3. The van der Waals surface area contributed by atoms with Gasteiger partial charge in [0, 0.05) is 58.7 Å². The number of likely N-dealkylation sites (N-methyl/N-ethyl adjacent to an activating group) is 2. The number of anilines is 2. The molecule has 0 radical (unpaired) electrons. The minimum Gasteiger partial charge on any atom is -0.480 e. The minimum atomic E-state index is -1.17. The number of methoxy groups -OCH3 is 2. The van der Waals surface area contributed by atoms with Crippen molar-refractivity contribution in [3.8, 4) is 0 Å². The first-order chi connectivity index (χ1) is 46.2. The number of carbonyl (C=O) groups is 10. The number of carboxylic acids is 1. The van der Waals surface area contributed by atoms with Crippen LogP contribution < -0.4 is 43.0 Å². The van der Waals surface area contributed by atoms with Crippen molar-refractivity contribution in [1.29, 1.82) is 0 Å². The maximum Gasteiger partial charge on any atom is 0.408 e. The largest absolute Gasteiger partial charge is 0.480 e. The summed E-state index contributed by atoms with van der Waals surface area (Å²) in [6.45, 7) is 22.8. The van der Waals surface area contributed by atoms with Crippen LogP contribution >= 0.6 is 0 Å². The van der Waals surface area contributed by atoms with Crippen molar-refractivity contribution in [3.05, 3.63) is 95.6 Å². The molecule has 0 aromatic heterocycles. The first kappa shape index (κ1) is 82.1. The van der Waals surface area contributed by atoms with E-state index in [1.165, 1.54) is 14.2 Å². The van der Waals surface area contributed by atoms with Crippen LogP contribution in [0.15, 0.2) is 78.9 Å². The topological polar surface area (TPSA) is 348 Å². The van der Waals surface area contributed by atoms with Gasteiger partial charge in [0.05, 0.1) is 42.7 Å². The molecule has 3 aromatic carbocycles. The Bertz CT molecular complexity index is 3070. The molecular formula is C72H111N11O15. The Morgan fingerprint density at radius 2 is 1.32 bits per heavy atom. The normalized spacial score (nSPS) is 16.2. The Kier molecular flexibility index (Phi) is 33.4. The average molecular weight is 1370 g/mol. The van der Waals surface area contributed by atoms with Crippen molar-refractivity contribution < 1.29 is 72.0 Å². The highest BCUT2D eigenvalue weighted by atomic mass is 16.6. The van der Waals surface area contributed by atoms with Crippen molar-refractivity contribution >= 4 is 70.9 Å². The molecule has 26 heteroatoms. The van der Waals surface area contributed by atoms with Crippen molar-refractivity contribution in [2.75, 3.05) is 65.1 Å². The SMILES string of the molecule is CC[C@H](C)[C@@H]([C@@H](CC(=O)N1CCC[C@H]1[C@H](OC)[C@@H](C)C(=O)N[C@@H](Cc1ccccc1)C(=O)O)OC)N(C)C(=O)[C@@H](NC(=O)[C@H](C(C)C)N(C)CCc1ccc(NCC(=O)OCc2ccc(NC(=O)[C@H](CCCNC(N)=O)NC(=O)[C@@H](NC(=O)OC(C)(C)C)C(C)C)cc2)cc1)C(C)C. The number of aliphatic carboxylic acids is 1. The molecule has 1 fully saturated rings. The number of hydrogen-bond acceptors (Lipinski definition) is 16. The number of nitrogens with two attached hydrogens (primary N) is 1. The molecule has 0 spiro atoms. The zero-order chi connectivity index (χ0) is 73.1. The second kappa shape index (κ2) is 39.9. The summed E-state index contributed by atoms with van der Waals surface area (Å²) in [7, 11) is 6.57. The molecule has 0 bridgehead atoms. The van der Waals surface area contributed by atoms with Gasteiger partial charge in [-0.1, -0.05) is 123 Å². The number of esters is 1. The Morgan fingerprint density at radius 1 is 0.704 bits per heavy atom. The molecule has 544 valence electrons.